The summed E-state index contributed by atoms with van der Waals surface area (Å²) in [6.45, 7) is 7.11. The van der Waals surface area contributed by atoms with Gasteiger partial charge in [0.15, 0.2) is 0 Å². The van der Waals surface area contributed by atoms with Crippen LogP contribution in [-0.2, 0) is 5.41 Å². The zero-order valence-electron chi connectivity index (χ0n) is 10.8. The third kappa shape index (κ3) is 3.52. The molecule has 1 aromatic carbocycles. The molecule has 1 aromatic rings. The van der Waals surface area contributed by atoms with Crippen LogP contribution in [0.15, 0.2) is 29.8 Å². The van der Waals surface area contributed by atoms with Crippen LogP contribution in [0.1, 0.15) is 38.8 Å². The summed E-state index contributed by atoms with van der Waals surface area (Å²) in [4.78, 5) is 0. The molecule has 0 saturated carbocycles. The largest absolute Gasteiger partial charge is 0.413 e. The molecule has 0 bridgehead atoms. The molecule has 0 amide bonds. The number of rotatable bonds is 1. The second-order valence-corrected chi connectivity index (χ2v) is 5.64. The SMILES string of the molecule is C/C(=C(/Cl)c1ccc(C(C)(C)C)cc1)C(F)(F)F. The highest BCUT2D eigenvalue weighted by molar-refractivity contribution is 6.49. The van der Waals surface area contributed by atoms with Gasteiger partial charge in [-0.15, -0.1) is 0 Å². The smallest absolute Gasteiger partial charge is 0.166 e. The predicted octanol–water partition coefficient (Wildman–Crippen LogP) is 5.52. The van der Waals surface area contributed by atoms with E-state index in [2.05, 4.69) is 0 Å². The number of benzene rings is 1. The standard InChI is InChI=1S/C14H16ClF3/c1-9(14(16,17)18)12(15)10-5-7-11(8-6-10)13(2,3)4/h5-8H,1-4H3/b12-9-. The first-order valence-corrected chi connectivity index (χ1v) is 5.96. The van der Waals surface area contributed by atoms with Crippen LogP contribution in [0.3, 0.4) is 0 Å². The molecule has 0 N–H and O–H groups in total. The highest BCUT2D eigenvalue weighted by Crippen LogP contribution is 2.34. The average molecular weight is 277 g/mol. The van der Waals surface area contributed by atoms with Crippen LogP contribution in [0.25, 0.3) is 5.03 Å². The minimum Gasteiger partial charge on any atom is -0.166 e. The molecule has 0 aliphatic rings. The zero-order valence-corrected chi connectivity index (χ0v) is 11.6. The molecule has 0 unspecified atom stereocenters. The van der Waals surface area contributed by atoms with Crippen molar-refractivity contribution in [2.24, 2.45) is 0 Å². The summed E-state index contributed by atoms with van der Waals surface area (Å²) in [6, 6.07) is 6.86. The molecular weight excluding hydrogens is 261 g/mol. The van der Waals surface area contributed by atoms with Gasteiger partial charge in [0.2, 0.25) is 0 Å². The van der Waals surface area contributed by atoms with E-state index in [4.69, 9.17) is 11.6 Å². The van der Waals surface area contributed by atoms with Crippen LogP contribution in [-0.4, -0.2) is 6.18 Å². The van der Waals surface area contributed by atoms with Crippen molar-refractivity contribution in [3.8, 4) is 0 Å². The normalized spacial score (nSPS) is 14.4. The summed E-state index contributed by atoms with van der Waals surface area (Å²) in [5, 5.41) is -0.247. The van der Waals surface area contributed by atoms with Gasteiger partial charge in [-0.1, -0.05) is 56.6 Å². The molecular formula is C14H16ClF3. The second-order valence-electron chi connectivity index (χ2n) is 5.26. The maximum Gasteiger partial charge on any atom is 0.413 e. The number of alkyl halides is 3. The van der Waals surface area contributed by atoms with E-state index in [1.54, 1.807) is 24.3 Å². The van der Waals surface area contributed by atoms with Crippen molar-refractivity contribution in [3.05, 3.63) is 41.0 Å². The fourth-order valence-corrected chi connectivity index (χ4v) is 1.69. The summed E-state index contributed by atoms with van der Waals surface area (Å²) >= 11 is 5.77. The van der Waals surface area contributed by atoms with Crippen molar-refractivity contribution in [2.45, 2.75) is 39.3 Å². The van der Waals surface area contributed by atoms with Gasteiger partial charge in [0.25, 0.3) is 0 Å². The molecule has 0 spiro atoms. The highest BCUT2D eigenvalue weighted by atomic mass is 35.5. The van der Waals surface area contributed by atoms with Crippen LogP contribution in [0.5, 0.6) is 0 Å². The van der Waals surface area contributed by atoms with Gasteiger partial charge in [-0.25, -0.2) is 0 Å². The fraction of sp³-hybridized carbons (Fsp3) is 0.429. The molecule has 0 aromatic heterocycles. The zero-order chi connectivity index (χ0) is 14.1. The van der Waals surface area contributed by atoms with Crippen LogP contribution < -0.4 is 0 Å². The topological polar surface area (TPSA) is 0 Å². The Hall–Kier alpha value is -0.960. The van der Waals surface area contributed by atoms with Crippen LogP contribution in [0.4, 0.5) is 13.2 Å². The third-order valence-corrected chi connectivity index (χ3v) is 3.26. The first kappa shape index (κ1) is 15.1. The monoisotopic (exact) mass is 276 g/mol. The first-order valence-electron chi connectivity index (χ1n) is 5.58. The predicted molar refractivity (Wildman–Crippen MR) is 69.6 cm³/mol. The van der Waals surface area contributed by atoms with Gasteiger partial charge in [0, 0.05) is 5.57 Å². The maximum atomic E-state index is 12.5. The summed E-state index contributed by atoms with van der Waals surface area (Å²) in [6.07, 6.45) is -4.39. The quantitative estimate of drug-likeness (QED) is 0.634. The average Bonchev–Trinajstić information content (AvgIpc) is 2.25. The Kier molecular flexibility index (Phi) is 4.16. The van der Waals surface area contributed by atoms with Crippen molar-refractivity contribution >= 4 is 16.6 Å². The lowest BCUT2D eigenvalue weighted by Crippen LogP contribution is -2.11. The van der Waals surface area contributed by atoms with E-state index < -0.39 is 11.7 Å². The Morgan fingerprint density at radius 1 is 1.00 bits per heavy atom. The van der Waals surface area contributed by atoms with Gasteiger partial charge in [0.05, 0.1) is 5.03 Å². The summed E-state index contributed by atoms with van der Waals surface area (Å²) in [5.74, 6) is 0. The Morgan fingerprint density at radius 3 is 1.78 bits per heavy atom. The molecule has 4 heteroatoms. The van der Waals surface area contributed by atoms with Crippen molar-refractivity contribution in [1.29, 1.82) is 0 Å². The van der Waals surface area contributed by atoms with Crippen LogP contribution in [0.2, 0.25) is 0 Å². The van der Waals surface area contributed by atoms with Crippen molar-refractivity contribution in [1.82, 2.24) is 0 Å². The minimum absolute atomic E-state index is 0.0339. The lowest BCUT2D eigenvalue weighted by molar-refractivity contribution is -0.0905. The highest BCUT2D eigenvalue weighted by Gasteiger charge is 2.32. The molecule has 0 fully saturated rings. The second kappa shape index (κ2) is 4.96. The summed E-state index contributed by atoms with van der Waals surface area (Å²) in [5.41, 5.74) is 0.640. The van der Waals surface area contributed by atoms with E-state index in [9.17, 15) is 13.2 Å². The van der Waals surface area contributed by atoms with Crippen LogP contribution in [0, 0.1) is 0 Å². The van der Waals surface area contributed by atoms with E-state index in [0.29, 0.717) is 5.56 Å². The van der Waals surface area contributed by atoms with E-state index in [1.165, 1.54) is 0 Å². The molecule has 0 atom stereocenters. The molecule has 0 saturated heterocycles. The first-order chi connectivity index (χ1) is 8.03. The number of halogens is 4. The lowest BCUT2D eigenvalue weighted by atomic mass is 9.86. The molecule has 0 radical (unpaired) electrons. The van der Waals surface area contributed by atoms with Crippen molar-refractivity contribution < 1.29 is 13.2 Å². The van der Waals surface area contributed by atoms with E-state index in [1.807, 2.05) is 20.8 Å². The molecule has 0 aliphatic carbocycles. The van der Waals surface area contributed by atoms with Gasteiger partial charge in [-0.3, -0.25) is 0 Å². The number of allylic oxidation sites excluding steroid dienone is 1. The third-order valence-electron chi connectivity index (χ3n) is 2.76. The van der Waals surface area contributed by atoms with Gasteiger partial charge < -0.3 is 0 Å². The van der Waals surface area contributed by atoms with Gasteiger partial charge >= 0.3 is 6.18 Å². The summed E-state index contributed by atoms with van der Waals surface area (Å²) < 4.78 is 37.5. The minimum atomic E-state index is -4.39. The van der Waals surface area contributed by atoms with Gasteiger partial charge in [-0.2, -0.15) is 13.2 Å². The molecule has 100 valence electrons. The van der Waals surface area contributed by atoms with Crippen molar-refractivity contribution in [2.75, 3.05) is 0 Å². The van der Waals surface area contributed by atoms with Crippen LogP contribution >= 0.6 is 11.6 Å². The molecule has 1 rings (SSSR count). The van der Waals surface area contributed by atoms with Crippen molar-refractivity contribution in [3.63, 3.8) is 0 Å². The van der Waals surface area contributed by atoms with E-state index >= 15 is 0 Å². The molecule has 0 aliphatic heterocycles. The van der Waals surface area contributed by atoms with E-state index in [0.717, 1.165) is 12.5 Å². The van der Waals surface area contributed by atoms with Gasteiger partial charge in [-0.05, 0) is 23.5 Å². The molecule has 18 heavy (non-hydrogen) atoms. The Balaban J connectivity index is 3.14. The molecule has 0 heterocycles. The Morgan fingerprint density at radius 2 is 1.44 bits per heavy atom. The van der Waals surface area contributed by atoms with E-state index in [-0.39, 0.29) is 10.4 Å². The Labute approximate surface area is 110 Å². The fourth-order valence-electron chi connectivity index (χ4n) is 1.46. The van der Waals surface area contributed by atoms with Gasteiger partial charge in [0.1, 0.15) is 0 Å². The Bertz CT molecular complexity index is 447. The number of hydrogen-bond donors (Lipinski definition) is 0. The maximum absolute atomic E-state index is 12.5. The number of hydrogen-bond acceptors (Lipinski definition) is 0. The lowest BCUT2D eigenvalue weighted by Gasteiger charge is -2.19. The molecule has 0 nitrogen and oxygen atoms in total. The summed E-state index contributed by atoms with van der Waals surface area (Å²) in [7, 11) is 0.